The van der Waals surface area contributed by atoms with E-state index in [9.17, 15) is 14.0 Å². The highest BCUT2D eigenvalue weighted by Crippen LogP contribution is 2.26. The Morgan fingerprint density at radius 2 is 1.93 bits per heavy atom. The number of hydrogen-bond donors (Lipinski definition) is 2. The molecule has 1 amide bonds. The molecular formula is C22H28FN3O2. The predicted molar refractivity (Wildman–Crippen MR) is 109 cm³/mol. The Kier molecular flexibility index (Phi) is 7.40. The fourth-order valence-corrected chi connectivity index (χ4v) is 2.33. The molecule has 1 aliphatic rings. The molecule has 1 aliphatic carbocycles. The van der Waals surface area contributed by atoms with E-state index >= 15 is 0 Å². The van der Waals surface area contributed by atoms with Gasteiger partial charge in [0.2, 0.25) is 0 Å². The molecular weight excluding hydrogens is 357 g/mol. The van der Waals surface area contributed by atoms with Crippen LogP contribution in [-0.2, 0) is 0 Å². The van der Waals surface area contributed by atoms with Gasteiger partial charge in [-0.1, -0.05) is 6.92 Å². The first-order chi connectivity index (χ1) is 13.2. The zero-order valence-electron chi connectivity index (χ0n) is 16.9. The van der Waals surface area contributed by atoms with Gasteiger partial charge in [0.25, 0.3) is 5.91 Å². The average molecular weight is 385 g/mol. The van der Waals surface area contributed by atoms with Crippen LogP contribution < -0.4 is 11.1 Å². The third-order valence-corrected chi connectivity index (χ3v) is 4.61. The van der Waals surface area contributed by atoms with Gasteiger partial charge in [-0.05, 0) is 69.9 Å². The van der Waals surface area contributed by atoms with Crippen LogP contribution in [0.4, 0.5) is 4.39 Å². The minimum Gasteiger partial charge on any atom is -0.349 e. The summed E-state index contributed by atoms with van der Waals surface area (Å²) >= 11 is 0. The topological polar surface area (TPSA) is 85.1 Å². The van der Waals surface area contributed by atoms with Crippen LogP contribution in [0.5, 0.6) is 0 Å². The highest BCUT2D eigenvalue weighted by atomic mass is 19.1. The number of nitrogens with two attached hydrogens (primary N) is 1. The van der Waals surface area contributed by atoms with Gasteiger partial charge in [0.1, 0.15) is 5.82 Å². The van der Waals surface area contributed by atoms with E-state index in [1.807, 2.05) is 6.92 Å². The minimum atomic E-state index is -0.444. The number of pyridine rings is 1. The van der Waals surface area contributed by atoms with Crippen molar-refractivity contribution >= 4 is 11.7 Å². The van der Waals surface area contributed by atoms with Gasteiger partial charge in [0.15, 0.2) is 5.78 Å². The largest absolute Gasteiger partial charge is 0.349 e. The maximum Gasteiger partial charge on any atom is 0.251 e. The maximum atomic E-state index is 14.2. The summed E-state index contributed by atoms with van der Waals surface area (Å²) in [4.78, 5) is 27.7. The van der Waals surface area contributed by atoms with E-state index in [2.05, 4.69) is 17.2 Å². The van der Waals surface area contributed by atoms with Gasteiger partial charge < -0.3 is 11.1 Å². The molecule has 0 aliphatic heterocycles. The smallest absolute Gasteiger partial charge is 0.251 e. The molecule has 150 valence electrons. The third-order valence-electron chi connectivity index (χ3n) is 4.61. The summed E-state index contributed by atoms with van der Waals surface area (Å²) in [5.41, 5.74) is 7.59. The molecule has 1 saturated carbocycles. The lowest BCUT2D eigenvalue weighted by Gasteiger charge is -2.10. The molecule has 3 N–H and O–H groups in total. The fraction of sp³-hybridized carbons (Fsp3) is 0.409. The van der Waals surface area contributed by atoms with Crippen LogP contribution in [0.15, 0.2) is 30.5 Å². The highest BCUT2D eigenvalue weighted by molar-refractivity contribution is 5.96. The lowest BCUT2D eigenvalue weighted by Crippen LogP contribution is -2.25. The monoisotopic (exact) mass is 385 g/mol. The van der Waals surface area contributed by atoms with Crippen LogP contribution in [0.25, 0.3) is 11.3 Å². The van der Waals surface area contributed by atoms with E-state index < -0.39 is 5.82 Å². The number of ketones is 1. The standard InChI is InChI=1S/C18H17FN2O2.C4H11N/c1-10-15(17-6-3-12(9-20-17)11(2)22)7-13(8-16(10)19)18(23)21-14-4-5-14;1-3-4(2)5/h3,6-9,14H,4-5H2,1-2H3,(H,21,23);4H,3,5H2,1-2H3. The zero-order valence-corrected chi connectivity index (χ0v) is 16.9. The number of nitrogens with zero attached hydrogens (tertiary/aromatic N) is 1. The molecule has 28 heavy (non-hydrogen) atoms. The van der Waals surface area contributed by atoms with E-state index in [0.717, 1.165) is 19.3 Å². The lowest BCUT2D eigenvalue weighted by atomic mass is 10.00. The van der Waals surface area contributed by atoms with E-state index in [-0.39, 0.29) is 23.3 Å². The second-order valence-corrected chi connectivity index (χ2v) is 7.25. The number of aromatic nitrogens is 1. The Labute approximate surface area is 165 Å². The number of amides is 1. The van der Waals surface area contributed by atoms with E-state index in [1.54, 1.807) is 25.1 Å². The Hall–Kier alpha value is -2.60. The number of hydrogen-bond acceptors (Lipinski definition) is 4. The molecule has 6 heteroatoms. The Balaban J connectivity index is 0.000000500. The molecule has 1 atom stereocenters. The van der Waals surface area contributed by atoms with Crippen LogP contribution >= 0.6 is 0 Å². The molecule has 3 rings (SSSR count). The van der Waals surface area contributed by atoms with Crippen molar-refractivity contribution in [3.8, 4) is 11.3 Å². The lowest BCUT2D eigenvalue weighted by molar-refractivity contribution is 0.0949. The number of rotatable bonds is 5. The number of nitrogens with one attached hydrogen (secondary N) is 1. The first-order valence-electron chi connectivity index (χ1n) is 9.56. The van der Waals surface area contributed by atoms with Crippen molar-refractivity contribution in [3.63, 3.8) is 0 Å². The fourth-order valence-electron chi connectivity index (χ4n) is 2.33. The number of carbonyl (C=O) groups excluding carboxylic acids is 2. The summed E-state index contributed by atoms with van der Waals surface area (Å²) in [6.45, 7) is 7.18. The van der Waals surface area contributed by atoms with Gasteiger partial charge in [-0.15, -0.1) is 0 Å². The van der Waals surface area contributed by atoms with Crippen LogP contribution in [0, 0.1) is 12.7 Å². The number of Topliss-reactive ketones (excluding diaryl/α,β-unsaturated/α-hetero) is 1. The third kappa shape index (κ3) is 5.96. The van der Waals surface area contributed by atoms with Crippen LogP contribution in [0.2, 0.25) is 0 Å². The molecule has 0 spiro atoms. The van der Waals surface area contributed by atoms with Crippen molar-refractivity contribution in [3.05, 3.63) is 53.0 Å². The molecule has 1 unspecified atom stereocenters. The molecule has 0 saturated heterocycles. The highest BCUT2D eigenvalue weighted by Gasteiger charge is 2.24. The van der Waals surface area contributed by atoms with Crippen molar-refractivity contribution in [2.75, 3.05) is 0 Å². The van der Waals surface area contributed by atoms with Crippen molar-refractivity contribution in [2.45, 2.75) is 59.0 Å². The van der Waals surface area contributed by atoms with Crippen molar-refractivity contribution in [1.82, 2.24) is 10.3 Å². The van der Waals surface area contributed by atoms with E-state index in [0.29, 0.717) is 28.4 Å². The summed E-state index contributed by atoms with van der Waals surface area (Å²) < 4.78 is 14.2. The maximum absolute atomic E-state index is 14.2. The predicted octanol–water partition coefficient (Wildman–Crippen LogP) is 4.03. The van der Waals surface area contributed by atoms with Crippen LogP contribution in [0.3, 0.4) is 0 Å². The summed E-state index contributed by atoms with van der Waals surface area (Å²) in [6.07, 6.45) is 4.49. The quantitative estimate of drug-likeness (QED) is 0.761. The number of carbonyl (C=O) groups is 2. The van der Waals surface area contributed by atoms with Gasteiger partial charge in [-0.25, -0.2) is 4.39 Å². The Morgan fingerprint density at radius 3 is 2.39 bits per heavy atom. The molecule has 1 fully saturated rings. The summed E-state index contributed by atoms with van der Waals surface area (Å²) in [7, 11) is 0. The first-order valence-corrected chi connectivity index (χ1v) is 9.56. The number of benzene rings is 1. The second kappa shape index (κ2) is 9.55. The Bertz CT molecular complexity index is 844. The number of halogens is 1. The molecule has 1 aromatic carbocycles. The summed E-state index contributed by atoms with van der Waals surface area (Å²) in [6, 6.07) is 6.81. The molecule has 0 bridgehead atoms. The van der Waals surface area contributed by atoms with E-state index in [4.69, 9.17) is 5.73 Å². The van der Waals surface area contributed by atoms with Crippen LogP contribution in [0.1, 0.15) is 66.3 Å². The van der Waals surface area contributed by atoms with Gasteiger partial charge in [0.05, 0.1) is 5.69 Å². The van der Waals surface area contributed by atoms with Gasteiger partial charge in [0, 0.05) is 35.0 Å². The molecule has 5 nitrogen and oxygen atoms in total. The van der Waals surface area contributed by atoms with Crippen LogP contribution in [-0.4, -0.2) is 28.8 Å². The van der Waals surface area contributed by atoms with Crippen molar-refractivity contribution in [1.29, 1.82) is 0 Å². The van der Waals surface area contributed by atoms with Crippen molar-refractivity contribution in [2.24, 2.45) is 5.73 Å². The first kappa shape index (κ1) is 21.7. The van der Waals surface area contributed by atoms with Gasteiger partial charge >= 0.3 is 0 Å². The summed E-state index contributed by atoms with van der Waals surface area (Å²) in [5.74, 6) is -0.793. The molecule has 2 aromatic rings. The summed E-state index contributed by atoms with van der Waals surface area (Å²) in [5, 5.41) is 2.85. The zero-order chi connectivity index (χ0) is 20.8. The average Bonchev–Trinajstić information content (AvgIpc) is 3.48. The Morgan fingerprint density at radius 1 is 1.29 bits per heavy atom. The van der Waals surface area contributed by atoms with Gasteiger partial charge in [-0.2, -0.15) is 0 Å². The van der Waals surface area contributed by atoms with E-state index in [1.165, 1.54) is 19.2 Å². The van der Waals surface area contributed by atoms with Crippen molar-refractivity contribution < 1.29 is 14.0 Å². The molecule has 1 aromatic heterocycles. The van der Waals surface area contributed by atoms with Gasteiger partial charge in [-0.3, -0.25) is 14.6 Å². The minimum absolute atomic E-state index is 0.0792. The molecule has 0 radical (unpaired) electrons. The normalized spacial score (nSPS) is 13.9. The SMILES string of the molecule is CC(=O)c1ccc(-c2cc(C(=O)NC3CC3)cc(F)c2C)nc1.CCC(C)N. The molecule has 1 heterocycles. The second-order valence-electron chi connectivity index (χ2n) is 7.25.